The number of hydrogen-bond donors (Lipinski definition) is 2. The summed E-state index contributed by atoms with van der Waals surface area (Å²) in [4.78, 5) is 11.6. The van der Waals surface area contributed by atoms with E-state index in [0.717, 1.165) is 18.4 Å². The van der Waals surface area contributed by atoms with E-state index in [4.69, 9.17) is 0 Å². The van der Waals surface area contributed by atoms with Gasteiger partial charge in [-0.3, -0.25) is 4.79 Å². The van der Waals surface area contributed by atoms with E-state index in [2.05, 4.69) is 17.6 Å². The number of hydrogen-bond acceptors (Lipinski definition) is 2. The minimum atomic E-state index is 0.175. The minimum absolute atomic E-state index is 0.175. The average molecular weight is 224 g/mol. The SMILES string of the molecule is CCCC(NCC(=O)NCC1CC1)C1CC1. The zero-order chi connectivity index (χ0) is 11.4. The predicted molar refractivity (Wildman–Crippen MR) is 65.2 cm³/mol. The highest BCUT2D eigenvalue weighted by atomic mass is 16.1. The van der Waals surface area contributed by atoms with Crippen molar-refractivity contribution in [2.45, 2.75) is 51.5 Å². The fourth-order valence-electron chi connectivity index (χ4n) is 2.18. The molecule has 0 aromatic rings. The third-order valence-electron chi connectivity index (χ3n) is 3.60. The summed E-state index contributed by atoms with van der Waals surface area (Å²) < 4.78 is 0. The van der Waals surface area contributed by atoms with Crippen LogP contribution in [0.25, 0.3) is 0 Å². The lowest BCUT2D eigenvalue weighted by Gasteiger charge is -2.17. The van der Waals surface area contributed by atoms with Gasteiger partial charge in [0.25, 0.3) is 0 Å². The fraction of sp³-hybridized carbons (Fsp3) is 0.923. The smallest absolute Gasteiger partial charge is 0.233 e. The lowest BCUT2D eigenvalue weighted by atomic mass is 10.1. The Morgan fingerprint density at radius 3 is 2.62 bits per heavy atom. The first kappa shape index (κ1) is 11.9. The van der Waals surface area contributed by atoms with Gasteiger partial charge in [-0.2, -0.15) is 0 Å². The van der Waals surface area contributed by atoms with Crippen LogP contribution in [-0.4, -0.2) is 25.0 Å². The molecular formula is C13H24N2O. The fourth-order valence-corrected chi connectivity index (χ4v) is 2.18. The normalized spacial score (nSPS) is 21.8. The molecule has 16 heavy (non-hydrogen) atoms. The van der Waals surface area contributed by atoms with Crippen LogP contribution in [-0.2, 0) is 4.79 Å². The summed E-state index contributed by atoms with van der Waals surface area (Å²) >= 11 is 0. The molecule has 0 spiro atoms. The Balaban J connectivity index is 1.57. The van der Waals surface area contributed by atoms with Gasteiger partial charge in [-0.15, -0.1) is 0 Å². The first-order chi connectivity index (χ1) is 7.79. The number of rotatable bonds is 8. The summed E-state index contributed by atoms with van der Waals surface area (Å²) in [7, 11) is 0. The van der Waals surface area contributed by atoms with Gasteiger partial charge in [0.15, 0.2) is 0 Å². The second-order valence-electron chi connectivity index (χ2n) is 5.36. The Bertz CT molecular complexity index is 234. The van der Waals surface area contributed by atoms with Gasteiger partial charge in [0, 0.05) is 12.6 Å². The monoisotopic (exact) mass is 224 g/mol. The number of carbonyl (C=O) groups is 1. The number of carbonyl (C=O) groups excluding carboxylic acids is 1. The van der Waals surface area contributed by atoms with E-state index in [1.54, 1.807) is 0 Å². The maximum absolute atomic E-state index is 11.6. The topological polar surface area (TPSA) is 41.1 Å². The van der Waals surface area contributed by atoms with Crippen molar-refractivity contribution in [1.82, 2.24) is 10.6 Å². The maximum Gasteiger partial charge on any atom is 0.233 e. The lowest BCUT2D eigenvalue weighted by molar-refractivity contribution is -0.120. The maximum atomic E-state index is 11.6. The summed E-state index contributed by atoms with van der Waals surface area (Å²) in [6.45, 7) is 3.61. The molecule has 0 aliphatic heterocycles. The molecule has 1 amide bonds. The molecule has 2 aliphatic carbocycles. The Morgan fingerprint density at radius 1 is 1.31 bits per heavy atom. The van der Waals surface area contributed by atoms with Crippen molar-refractivity contribution in [3.63, 3.8) is 0 Å². The molecule has 0 radical (unpaired) electrons. The molecule has 2 aliphatic rings. The van der Waals surface area contributed by atoms with Crippen molar-refractivity contribution in [2.24, 2.45) is 11.8 Å². The molecule has 0 bridgehead atoms. The van der Waals surface area contributed by atoms with E-state index >= 15 is 0 Å². The second-order valence-corrected chi connectivity index (χ2v) is 5.36. The van der Waals surface area contributed by atoms with Gasteiger partial charge < -0.3 is 10.6 Å². The standard InChI is InChI=1S/C13H24N2O/c1-2-3-12(11-6-7-11)14-9-13(16)15-8-10-4-5-10/h10-12,14H,2-9H2,1H3,(H,15,16). The van der Waals surface area contributed by atoms with Gasteiger partial charge in [-0.1, -0.05) is 13.3 Å². The molecule has 3 nitrogen and oxygen atoms in total. The summed E-state index contributed by atoms with van der Waals surface area (Å²) in [6.07, 6.45) is 7.71. The van der Waals surface area contributed by atoms with Crippen molar-refractivity contribution >= 4 is 5.91 Å². The molecule has 1 atom stereocenters. The largest absolute Gasteiger partial charge is 0.355 e. The van der Waals surface area contributed by atoms with Gasteiger partial charge in [-0.25, -0.2) is 0 Å². The highest BCUT2D eigenvalue weighted by Crippen LogP contribution is 2.34. The van der Waals surface area contributed by atoms with Gasteiger partial charge in [0.1, 0.15) is 0 Å². The van der Waals surface area contributed by atoms with Crippen LogP contribution in [0.2, 0.25) is 0 Å². The Labute approximate surface area is 98.4 Å². The third kappa shape index (κ3) is 4.12. The zero-order valence-electron chi connectivity index (χ0n) is 10.3. The van der Waals surface area contributed by atoms with E-state index in [9.17, 15) is 4.79 Å². The summed E-state index contributed by atoms with van der Waals surface area (Å²) in [6, 6.07) is 0.580. The molecular weight excluding hydrogens is 200 g/mol. The van der Waals surface area contributed by atoms with Crippen molar-refractivity contribution in [3.05, 3.63) is 0 Å². The van der Waals surface area contributed by atoms with Gasteiger partial charge in [0.05, 0.1) is 6.54 Å². The second kappa shape index (κ2) is 5.67. The molecule has 0 aromatic heterocycles. The van der Waals surface area contributed by atoms with E-state index < -0.39 is 0 Å². The Morgan fingerprint density at radius 2 is 2.06 bits per heavy atom. The predicted octanol–water partition coefficient (Wildman–Crippen LogP) is 1.68. The van der Waals surface area contributed by atoms with Crippen molar-refractivity contribution < 1.29 is 4.79 Å². The van der Waals surface area contributed by atoms with Gasteiger partial charge in [-0.05, 0) is 43.9 Å². The molecule has 92 valence electrons. The highest BCUT2D eigenvalue weighted by Gasteiger charge is 2.30. The molecule has 2 saturated carbocycles. The molecule has 2 fully saturated rings. The first-order valence-electron chi connectivity index (χ1n) is 6.79. The molecule has 2 N–H and O–H groups in total. The lowest BCUT2D eigenvalue weighted by Crippen LogP contribution is -2.40. The van der Waals surface area contributed by atoms with E-state index in [1.807, 2.05) is 0 Å². The molecule has 1 unspecified atom stereocenters. The van der Waals surface area contributed by atoms with Crippen LogP contribution < -0.4 is 10.6 Å². The molecule has 0 aromatic carbocycles. The summed E-state index contributed by atoms with van der Waals surface area (Å²) in [5, 5.41) is 6.41. The van der Waals surface area contributed by atoms with E-state index in [1.165, 1.54) is 38.5 Å². The van der Waals surface area contributed by atoms with Crippen molar-refractivity contribution in [3.8, 4) is 0 Å². The van der Waals surface area contributed by atoms with Crippen LogP contribution in [0.3, 0.4) is 0 Å². The molecule has 0 saturated heterocycles. The summed E-state index contributed by atoms with van der Waals surface area (Å²) in [5.41, 5.74) is 0. The molecule has 2 rings (SSSR count). The average Bonchev–Trinajstić information content (AvgIpc) is 3.15. The summed E-state index contributed by atoms with van der Waals surface area (Å²) in [5.74, 6) is 1.80. The minimum Gasteiger partial charge on any atom is -0.355 e. The van der Waals surface area contributed by atoms with Crippen molar-refractivity contribution in [1.29, 1.82) is 0 Å². The molecule has 0 heterocycles. The van der Waals surface area contributed by atoms with Crippen LogP contribution in [0.15, 0.2) is 0 Å². The number of amides is 1. The third-order valence-corrected chi connectivity index (χ3v) is 3.60. The van der Waals surface area contributed by atoms with Gasteiger partial charge in [0.2, 0.25) is 5.91 Å². The Kier molecular flexibility index (Phi) is 4.22. The van der Waals surface area contributed by atoms with Crippen LogP contribution in [0.5, 0.6) is 0 Å². The Hall–Kier alpha value is -0.570. The zero-order valence-corrected chi connectivity index (χ0v) is 10.3. The van der Waals surface area contributed by atoms with Crippen LogP contribution >= 0.6 is 0 Å². The highest BCUT2D eigenvalue weighted by molar-refractivity contribution is 5.78. The quantitative estimate of drug-likeness (QED) is 0.658. The first-order valence-corrected chi connectivity index (χ1v) is 6.79. The van der Waals surface area contributed by atoms with Crippen LogP contribution in [0.1, 0.15) is 45.4 Å². The van der Waals surface area contributed by atoms with E-state index in [-0.39, 0.29) is 5.91 Å². The number of nitrogens with one attached hydrogen (secondary N) is 2. The van der Waals surface area contributed by atoms with E-state index in [0.29, 0.717) is 12.6 Å². The van der Waals surface area contributed by atoms with Crippen molar-refractivity contribution in [2.75, 3.05) is 13.1 Å². The van der Waals surface area contributed by atoms with Gasteiger partial charge >= 0.3 is 0 Å². The van der Waals surface area contributed by atoms with Crippen LogP contribution in [0, 0.1) is 11.8 Å². The van der Waals surface area contributed by atoms with Crippen LogP contribution in [0.4, 0.5) is 0 Å². The molecule has 3 heteroatoms.